The maximum atomic E-state index is 12.1. The van der Waals surface area contributed by atoms with Crippen molar-refractivity contribution < 1.29 is 19.0 Å². The Morgan fingerprint density at radius 3 is 3.04 bits per heavy atom. The Morgan fingerprint density at radius 2 is 2.25 bits per heavy atom. The molecule has 1 aromatic heterocycles. The molecule has 7 heteroatoms. The Hall–Kier alpha value is -2.70. The maximum Gasteiger partial charge on any atom is 0.260 e. The summed E-state index contributed by atoms with van der Waals surface area (Å²) in [5, 5.41) is 2.88. The summed E-state index contributed by atoms with van der Waals surface area (Å²) in [6, 6.07) is 5.27. The molecule has 1 N–H and O–H groups in total. The minimum Gasteiger partial charge on any atom is -0.481 e. The lowest BCUT2D eigenvalue weighted by molar-refractivity contribution is -0.127. The van der Waals surface area contributed by atoms with Gasteiger partial charge in [-0.05, 0) is 32.4 Å². The molecule has 1 aliphatic rings. The lowest BCUT2D eigenvalue weighted by Gasteiger charge is -2.15. The highest BCUT2D eigenvalue weighted by Crippen LogP contribution is 2.35. The number of ether oxygens (including phenoxy) is 3. The lowest BCUT2D eigenvalue weighted by Crippen LogP contribution is -2.37. The molecule has 24 heavy (non-hydrogen) atoms. The largest absolute Gasteiger partial charge is 0.481 e. The lowest BCUT2D eigenvalue weighted by atomic mass is 10.3. The Bertz CT molecular complexity index is 714. The van der Waals surface area contributed by atoms with Gasteiger partial charge in [-0.3, -0.25) is 4.79 Å². The van der Waals surface area contributed by atoms with E-state index >= 15 is 0 Å². The molecule has 0 saturated heterocycles. The molecule has 128 valence electrons. The fourth-order valence-electron chi connectivity index (χ4n) is 2.45. The first kappa shape index (κ1) is 16.2. The molecule has 1 atom stereocenters. The SMILES string of the molecule is Cc1nccn1CCCNC(=O)[C@@H](C)Oc1ccc2c(c1)OCO2. The molecule has 1 aliphatic heterocycles. The number of hydrogen-bond acceptors (Lipinski definition) is 5. The fraction of sp³-hybridized carbons (Fsp3) is 0.412. The molecule has 1 amide bonds. The summed E-state index contributed by atoms with van der Waals surface area (Å²) in [5.74, 6) is 2.73. The van der Waals surface area contributed by atoms with Gasteiger partial charge in [0.15, 0.2) is 17.6 Å². The summed E-state index contributed by atoms with van der Waals surface area (Å²) in [5.41, 5.74) is 0. The number of imidazole rings is 1. The number of carbonyl (C=O) groups excluding carboxylic acids is 1. The molecule has 0 spiro atoms. The van der Waals surface area contributed by atoms with E-state index in [1.807, 2.05) is 13.1 Å². The van der Waals surface area contributed by atoms with Gasteiger partial charge in [0.05, 0.1) is 0 Å². The van der Waals surface area contributed by atoms with Gasteiger partial charge in [0, 0.05) is 31.5 Å². The zero-order valence-electron chi connectivity index (χ0n) is 13.8. The van der Waals surface area contributed by atoms with Crippen molar-refractivity contribution in [2.75, 3.05) is 13.3 Å². The van der Waals surface area contributed by atoms with E-state index < -0.39 is 6.10 Å². The monoisotopic (exact) mass is 331 g/mol. The van der Waals surface area contributed by atoms with Crippen LogP contribution in [-0.2, 0) is 11.3 Å². The van der Waals surface area contributed by atoms with E-state index in [0.717, 1.165) is 18.8 Å². The quantitative estimate of drug-likeness (QED) is 0.784. The van der Waals surface area contributed by atoms with Crippen LogP contribution in [0.5, 0.6) is 17.2 Å². The molecule has 0 unspecified atom stereocenters. The summed E-state index contributed by atoms with van der Waals surface area (Å²) >= 11 is 0. The van der Waals surface area contributed by atoms with E-state index in [9.17, 15) is 4.79 Å². The molecule has 0 aliphatic carbocycles. The minimum absolute atomic E-state index is 0.144. The van der Waals surface area contributed by atoms with Crippen molar-refractivity contribution in [2.24, 2.45) is 0 Å². The normalized spacial score (nSPS) is 13.6. The van der Waals surface area contributed by atoms with E-state index in [1.165, 1.54) is 0 Å². The second-order valence-corrected chi connectivity index (χ2v) is 5.59. The second-order valence-electron chi connectivity index (χ2n) is 5.59. The zero-order valence-corrected chi connectivity index (χ0v) is 13.8. The van der Waals surface area contributed by atoms with E-state index in [4.69, 9.17) is 14.2 Å². The number of fused-ring (bicyclic) bond motifs is 1. The highest BCUT2D eigenvalue weighted by Gasteiger charge is 2.17. The van der Waals surface area contributed by atoms with Gasteiger partial charge in [0.1, 0.15) is 11.6 Å². The van der Waals surface area contributed by atoms with Gasteiger partial charge in [-0.15, -0.1) is 0 Å². The third-order valence-corrected chi connectivity index (χ3v) is 3.82. The Labute approximate surface area is 140 Å². The van der Waals surface area contributed by atoms with Crippen LogP contribution in [0.2, 0.25) is 0 Å². The van der Waals surface area contributed by atoms with Crippen molar-refractivity contribution in [1.82, 2.24) is 14.9 Å². The van der Waals surface area contributed by atoms with Gasteiger partial charge in [0.25, 0.3) is 5.91 Å². The van der Waals surface area contributed by atoms with Crippen LogP contribution < -0.4 is 19.5 Å². The van der Waals surface area contributed by atoms with Crippen molar-refractivity contribution in [3.05, 3.63) is 36.4 Å². The molecule has 0 saturated carbocycles. The van der Waals surface area contributed by atoms with Crippen LogP contribution in [0.25, 0.3) is 0 Å². The Balaban J connectivity index is 1.42. The summed E-state index contributed by atoms with van der Waals surface area (Å²) in [6.45, 7) is 5.31. The van der Waals surface area contributed by atoms with Crippen LogP contribution in [0.3, 0.4) is 0 Å². The first-order valence-corrected chi connectivity index (χ1v) is 7.95. The second kappa shape index (κ2) is 7.25. The van der Waals surface area contributed by atoms with Gasteiger partial charge in [-0.1, -0.05) is 0 Å². The zero-order chi connectivity index (χ0) is 16.9. The molecular formula is C17H21N3O4. The highest BCUT2D eigenvalue weighted by molar-refractivity contribution is 5.80. The van der Waals surface area contributed by atoms with Crippen molar-refractivity contribution in [3.8, 4) is 17.2 Å². The average molecular weight is 331 g/mol. The molecule has 0 radical (unpaired) electrons. The number of nitrogens with zero attached hydrogens (tertiary/aromatic N) is 2. The van der Waals surface area contributed by atoms with Gasteiger partial charge in [-0.25, -0.2) is 4.98 Å². The van der Waals surface area contributed by atoms with Crippen LogP contribution in [0.15, 0.2) is 30.6 Å². The van der Waals surface area contributed by atoms with E-state index in [1.54, 1.807) is 31.3 Å². The van der Waals surface area contributed by atoms with Crippen LogP contribution in [0.4, 0.5) is 0 Å². The number of rotatable bonds is 7. The third-order valence-electron chi connectivity index (χ3n) is 3.82. The number of nitrogens with one attached hydrogen (secondary N) is 1. The van der Waals surface area contributed by atoms with E-state index in [0.29, 0.717) is 23.8 Å². The first-order chi connectivity index (χ1) is 11.6. The van der Waals surface area contributed by atoms with Crippen LogP contribution in [0.1, 0.15) is 19.2 Å². The van der Waals surface area contributed by atoms with Gasteiger partial charge in [0.2, 0.25) is 6.79 Å². The van der Waals surface area contributed by atoms with Crippen molar-refractivity contribution in [1.29, 1.82) is 0 Å². The molecule has 0 fully saturated rings. The summed E-state index contributed by atoms with van der Waals surface area (Å²) < 4.78 is 18.3. The van der Waals surface area contributed by atoms with E-state index in [2.05, 4.69) is 14.9 Å². The average Bonchev–Trinajstić information content (AvgIpc) is 3.19. The molecular weight excluding hydrogens is 310 g/mol. The summed E-state index contributed by atoms with van der Waals surface area (Å²) in [6.07, 6.45) is 3.96. The van der Waals surface area contributed by atoms with Crippen LogP contribution >= 0.6 is 0 Å². The summed E-state index contributed by atoms with van der Waals surface area (Å²) in [7, 11) is 0. The van der Waals surface area contributed by atoms with Gasteiger partial charge >= 0.3 is 0 Å². The highest BCUT2D eigenvalue weighted by atomic mass is 16.7. The number of aromatic nitrogens is 2. The summed E-state index contributed by atoms with van der Waals surface area (Å²) in [4.78, 5) is 16.3. The molecule has 7 nitrogen and oxygen atoms in total. The minimum atomic E-state index is -0.583. The predicted molar refractivity (Wildman–Crippen MR) is 87.2 cm³/mol. The predicted octanol–water partition coefficient (Wildman–Crippen LogP) is 1.89. The maximum absolute atomic E-state index is 12.1. The Kier molecular flexibility index (Phi) is 4.88. The van der Waals surface area contributed by atoms with Crippen LogP contribution in [-0.4, -0.2) is 34.9 Å². The molecule has 3 rings (SSSR count). The third kappa shape index (κ3) is 3.79. The first-order valence-electron chi connectivity index (χ1n) is 7.95. The molecule has 2 aromatic rings. The van der Waals surface area contributed by atoms with Crippen molar-refractivity contribution in [3.63, 3.8) is 0 Å². The number of aryl methyl sites for hydroxylation is 2. The Morgan fingerprint density at radius 1 is 1.42 bits per heavy atom. The fourth-order valence-corrected chi connectivity index (χ4v) is 2.45. The molecule has 0 bridgehead atoms. The number of carbonyl (C=O) groups is 1. The molecule has 2 heterocycles. The van der Waals surface area contributed by atoms with E-state index in [-0.39, 0.29) is 12.7 Å². The van der Waals surface area contributed by atoms with Crippen molar-refractivity contribution >= 4 is 5.91 Å². The number of benzene rings is 1. The number of amides is 1. The van der Waals surface area contributed by atoms with Gasteiger partial charge < -0.3 is 24.1 Å². The topological polar surface area (TPSA) is 74.6 Å². The van der Waals surface area contributed by atoms with Crippen molar-refractivity contribution in [2.45, 2.75) is 32.9 Å². The smallest absolute Gasteiger partial charge is 0.260 e. The van der Waals surface area contributed by atoms with Crippen LogP contribution in [0, 0.1) is 6.92 Å². The molecule has 1 aromatic carbocycles. The van der Waals surface area contributed by atoms with Gasteiger partial charge in [-0.2, -0.15) is 0 Å². The standard InChI is InChI=1S/C17H21N3O4/c1-12(24-14-4-5-15-16(10-14)23-11-22-15)17(21)19-6-3-8-20-9-7-18-13(20)2/h4-5,7,9-10,12H,3,6,8,11H2,1-2H3,(H,19,21)/t12-/m1/s1. The number of hydrogen-bond donors (Lipinski definition) is 1.